The molecule has 2 aromatic heterocycles. The SMILES string of the molecule is CC1CC(c2cc(Cl)nc(Cl)c2)(c2ncn[nH]2)C1. The van der Waals surface area contributed by atoms with Crippen LogP contribution in [-0.4, -0.2) is 20.2 Å². The third-order valence-electron chi connectivity index (χ3n) is 3.58. The van der Waals surface area contributed by atoms with E-state index < -0.39 is 0 Å². The number of nitrogens with zero attached hydrogens (tertiary/aromatic N) is 3. The van der Waals surface area contributed by atoms with Gasteiger partial charge in [-0.25, -0.2) is 9.97 Å². The summed E-state index contributed by atoms with van der Waals surface area (Å²) in [6.45, 7) is 2.22. The van der Waals surface area contributed by atoms with E-state index in [9.17, 15) is 0 Å². The highest BCUT2D eigenvalue weighted by molar-refractivity contribution is 6.32. The van der Waals surface area contributed by atoms with Crippen LogP contribution in [-0.2, 0) is 5.41 Å². The van der Waals surface area contributed by atoms with Crippen molar-refractivity contribution in [2.24, 2.45) is 5.92 Å². The van der Waals surface area contributed by atoms with Gasteiger partial charge in [0.05, 0.1) is 5.41 Å². The minimum absolute atomic E-state index is 0.147. The summed E-state index contributed by atoms with van der Waals surface area (Å²) in [5, 5.41) is 7.74. The van der Waals surface area contributed by atoms with Gasteiger partial charge in [0.2, 0.25) is 0 Å². The molecule has 1 aliphatic rings. The molecule has 1 aliphatic carbocycles. The van der Waals surface area contributed by atoms with E-state index in [-0.39, 0.29) is 5.41 Å². The van der Waals surface area contributed by atoms with Gasteiger partial charge in [0.15, 0.2) is 0 Å². The van der Waals surface area contributed by atoms with E-state index in [1.807, 2.05) is 12.1 Å². The van der Waals surface area contributed by atoms with Crippen molar-refractivity contribution in [3.05, 3.63) is 40.2 Å². The molecule has 1 fully saturated rings. The van der Waals surface area contributed by atoms with Gasteiger partial charge in [-0.15, -0.1) is 0 Å². The van der Waals surface area contributed by atoms with E-state index >= 15 is 0 Å². The van der Waals surface area contributed by atoms with E-state index in [0.29, 0.717) is 16.2 Å². The first-order valence-corrected chi connectivity index (χ1v) is 6.55. The van der Waals surface area contributed by atoms with Gasteiger partial charge < -0.3 is 0 Å². The fourth-order valence-electron chi connectivity index (χ4n) is 2.87. The second-order valence-electron chi connectivity index (χ2n) is 4.93. The number of halogens is 2. The Balaban J connectivity index is 2.10. The molecule has 6 heteroatoms. The molecule has 1 saturated carbocycles. The smallest absolute Gasteiger partial charge is 0.137 e. The summed E-state index contributed by atoms with van der Waals surface area (Å²) < 4.78 is 0. The van der Waals surface area contributed by atoms with Crippen LogP contribution in [0.25, 0.3) is 0 Å². The number of hydrogen-bond donors (Lipinski definition) is 1. The summed E-state index contributed by atoms with van der Waals surface area (Å²) in [5.41, 5.74) is 0.911. The minimum Gasteiger partial charge on any atom is -0.263 e. The molecule has 3 rings (SSSR count). The van der Waals surface area contributed by atoms with Crippen molar-refractivity contribution in [3.63, 3.8) is 0 Å². The second kappa shape index (κ2) is 4.21. The fourth-order valence-corrected chi connectivity index (χ4v) is 3.33. The van der Waals surface area contributed by atoms with Crippen LogP contribution in [0.5, 0.6) is 0 Å². The molecule has 0 aromatic carbocycles. The van der Waals surface area contributed by atoms with Crippen LogP contribution in [0.15, 0.2) is 18.5 Å². The van der Waals surface area contributed by atoms with Crippen LogP contribution in [0.1, 0.15) is 31.2 Å². The molecule has 0 atom stereocenters. The molecule has 94 valence electrons. The maximum absolute atomic E-state index is 5.99. The molecule has 0 amide bonds. The van der Waals surface area contributed by atoms with Crippen molar-refractivity contribution >= 4 is 23.2 Å². The number of rotatable bonds is 2. The Labute approximate surface area is 115 Å². The van der Waals surface area contributed by atoms with Crippen LogP contribution in [0, 0.1) is 5.92 Å². The zero-order valence-electron chi connectivity index (χ0n) is 9.82. The number of nitrogens with one attached hydrogen (secondary N) is 1. The Kier molecular flexibility index (Phi) is 2.79. The van der Waals surface area contributed by atoms with Crippen LogP contribution in [0.3, 0.4) is 0 Å². The highest BCUT2D eigenvalue weighted by Gasteiger charge is 2.47. The number of aromatic nitrogens is 4. The zero-order chi connectivity index (χ0) is 12.8. The lowest BCUT2D eigenvalue weighted by Gasteiger charge is -2.45. The first-order valence-electron chi connectivity index (χ1n) is 5.79. The highest BCUT2D eigenvalue weighted by atomic mass is 35.5. The zero-order valence-corrected chi connectivity index (χ0v) is 11.3. The third kappa shape index (κ3) is 1.80. The van der Waals surface area contributed by atoms with Crippen molar-refractivity contribution in [1.29, 1.82) is 0 Å². The topological polar surface area (TPSA) is 54.5 Å². The van der Waals surface area contributed by atoms with Crippen LogP contribution < -0.4 is 0 Å². The summed E-state index contributed by atoms with van der Waals surface area (Å²) in [7, 11) is 0. The van der Waals surface area contributed by atoms with Crippen LogP contribution in [0.2, 0.25) is 10.3 Å². The van der Waals surface area contributed by atoms with E-state index in [0.717, 1.165) is 24.2 Å². The van der Waals surface area contributed by atoms with Crippen molar-refractivity contribution in [1.82, 2.24) is 20.2 Å². The number of H-pyrrole nitrogens is 1. The number of aromatic amines is 1. The fraction of sp³-hybridized carbons (Fsp3) is 0.417. The van der Waals surface area contributed by atoms with Gasteiger partial charge in [-0.05, 0) is 36.5 Å². The Morgan fingerprint density at radius 3 is 2.44 bits per heavy atom. The Hall–Kier alpha value is -1.13. The lowest BCUT2D eigenvalue weighted by Crippen LogP contribution is -2.42. The summed E-state index contributed by atoms with van der Waals surface area (Å²) in [6, 6.07) is 3.73. The minimum atomic E-state index is -0.147. The third-order valence-corrected chi connectivity index (χ3v) is 3.96. The molecule has 1 N–H and O–H groups in total. The monoisotopic (exact) mass is 282 g/mol. The van der Waals surface area contributed by atoms with E-state index in [1.54, 1.807) is 0 Å². The molecule has 0 aliphatic heterocycles. The van der Waals surface area contributed by atoms with Crippen molar-refractivity contribution in [3.8, 4) is 0 Å². The predicted octanol–water partition coefficient (Wildman–Crippen LogP) is 3.22. The highest BCUT2D eigenvalue weighted by Crippen LogP contribution is 2.51. The quantitative estimate of drug-likeness (QED) is 0.861. The first kappa shape index (κ1) is 11.9. The van der Waals surface area contributed by atoms with Gasteiger partial charge >= 0.3 is 0 Å². The largest absolute Gasteiger partial charge is 0.263 e. The second-order valence-corrected chi connectivity index (χ2v) is 5.71. The van der Waals surface area contributed by atoms with Crippen LogP contribution >= 0.6 is 23.2 Å². The van der Waals surface area contributed by atoms with Gasteiger partial charge in [0.25, 0.3) is 0 Å². The van der Waals surface area contributed by atoms with Gasteiger partial charge in [-0.2, -0.15) is 5.10 Å². The molecule has 0 spiro atoms. The average molecular weight is 283 g/mol. The maximum Gasteiger partial charge on any atom is 0.137 e. The standard InChI is InChI=1S/C12H12Cl2N4/c1-7-4-12(5-7,11-15-6-16-18-11)8-2-9(13)17-10(14)3-8/h2-3,6-7H,4-5H2,1H3,(H,15,16,18). The lowest BCUT2D eigenvalue weighted by molar-refractivity contribution is 0.190. The Morgan fingerprint density at radius 2 is 1.94 bits per heavy atom. The average Bonchev–Trinajstić information content (AvgIpc) is 2.76. The maximum atomic E-state index is 5.99. The molecule has 0 radical (unpaired) electrons. The Morgan fingerprint density at radius 1 is 1.28 bits per heavy atom. The number of pyridine rings is 1. The normalized spacial score (nSPS) is 26.9. The van der Waals surface area contributed by atoms with Gasteiger partial charge in [0, 0.05) is 0 Å². The molecule has 2 heterocycles. The van der Waals surface area contributed by atoms with Crippen molar-refractivity contribution in [2.75, 3.05) is 0 Å². The first-order chi connectivity index (χ1) is 8.60. The molecule has 0 saturated heterocycles. The Bertz CT molecular complexity index is 541. The molecule has 2 aromatic rings. The van der Waals surface area contributed by atoms with Crippen LogP contribution in [0.4, 0.5) is 0 Å². The summed E-state index contributed by atoms with van der Waals surface area (Å²) in [5.74, 6) is 1.53. The van der Waals surface area contributed by atoms with Crippen molar-refractivity contribution < 1.29 is 0 Å². The van der Waals surface area contributed by atoms with Gasteiger partial charge in [-0.1, -0.05) is 30.1 Å². The van der Waals surface area contributed by atoms with E-state index in [4.69, 9.17) is 23.2 Å². The molecule has 0 bridgehead atoms. The summed E-state index contributed by atoms with van der Waals surface area (Å²) in [6.07, 6.45) is 3.56. The number of hydrogen-bond acceptors (Lipinski definition) is 3. The molecule has 0 unspecified atom stereocenters. The predicted molar refractivity (Wildman–Crippen MR) is 69.8 cm³/mol. The molecular formula is C12H12Cl2N4. The van der Waals surface area contributed by atoms with Gasteiger partial charge in [0.1, 0.15) is 22.5 Å². The summed E-state index contributed by atoms with van der Waals surface area (Å²) >= 11 is 12.0. The molecule has 18 heavy (non-hydrogen) atoms. The van der Waals surface area contributed by atoms with Gasteiger partial charge in [-0.3, -0.25) is 5.10 Å². The van der Waals surface area contributed by atoms with E-state index in [1.165, 1.54) is 6.33 Å². The summed E-state index contributed by atoms with van der Waals surface area (Å²) in [4.78, 5) is 8.30. The molecular weight excluding hydrogens is 271 g/mol. The molecule has 4 nitrogen and oxygen atoms in total. The van der Waals surface area contributed by atoms with E-state index in [2.05, 4.69) is 27.1 Å². The van der Waals surface area contributed by atoms with Crippen molar-refractivity contribution in [2.45, 2.75) is 25.2 Å². The lowest BCUT2D eigenvalue weighted by atomic mass is 9.59.